The highest BCUT2D eigenvalue weighted by Crippen LogP contribution is 2.46. The van der Waals surface area contributed by atoms with Crippen molar-refractivity contribution in [3.63, 3.8) is 0 Å². The van der Waals surface area contributed by atoms with Crippen molar-refractivity contribution in [1.29, 1.82) is 0 Å². The van der Waals surface area contributed by atoms with Crippen LogP contribution in [0.2, 0.25) is 0 Å². The summed E-state index contributed by atoms with van der Waals surface area (Å²) in [6.07, 6.45) is 16.4. The highest BCUT2D eigenvalue weighted by Gasteiger charge is 2.36. The van der Waals surface area contributed by atoms with Crippen molar-refractivity contribution >= 4 is 94.1 Å². The Morgan fingerprint density at radius 1 is 0.435 bits per heavy atom. The van der Waals surface area contributed by atoms with E-state index < -0.39 is 11.2 Å². The summed E-state index contributed by atoms with van der Waals surface area (Å²) in [6.45, 7) is 15.1. The topological polar surface area (TPSA) is 135 Å². The van der Waals surface area contributed by atoms with Crippen molar-refractivity contribution in [2.45, 2.75) is 193 Å². The summed E-state index contributed by atoms with van der Waals surface area (Å²) in [5.41, 5.74) is 23.6. The Kier molecular flexibility index (Phi) is 19.4. The second-order valence-electron chi connectivity index (χ2n) is 25.9. The van der Waals surface area contributed by atoms with Gasteiger partial charge in [0, 0.05) is 25.9 Å². The molecule has 0 bridgehead atoms. The number of fused-ring (bicyclic) bond motifs is 8. The number of carbonyl (C=O) groups is 4. The van der Waals surface area contributed by atoms with Crippen LogP contribution in [0, 0.1) is 6.92 Å². The number of aryl methyl sites for hydroxylation is 1. The van der Waals surface area contributed by atoms with Crippen LogP contribution in [-0.4, -0.2) is 59.4 Å². The molecular formula is C72H81Br3N4O6. The normalized spacial score (nSPS) is 20.4. The molecule has 0 saturated heterocycles. The number of hydrogen-bond acceptors (Lipinski definition) is 6. The summed E-state index contributed by atoms with van der Waals surface area (Å²) < 4.78 is 14.2. The van der Waals surface area contributed by atoms with Gasteiger partial charge >= 0.3 is 12.2 Å². The molecule has 0 saturated carbocycles. The lowest BCUT2D eigenvalue weighted by atomic mass is 9.87. The summed E-state index contributed by atoms with van der Waals surface area (Å²) >= 11 is 10.7. The molecule has 0 heterocycles. The van der Waals surface area contributed by atoms with E-state index in [2.05, 4.69) is 149 Å². The van der Waals surface area contributed by atoms with Crippen LogP contribution in [0.4, 0.5) is 9.59 Å². The van der Waals surface area contributed by atoms with Crippen molar-refractivity contribution in [2.75, 3.05) is 0 Å². The van der Waals surface area contributed by atoms with Crippen molar-refractivity contribution < 1.29 is 28.7 Å². The summed E-state index contributed by atoms with van der Waals surface area (Å²) in [4.78, 5) is 47.9. The average Bonchev–Trinajstić information content (AvgIpc) is 2.78. The Hall–Kier alpha value is -6.02. The third kappa shape index (κ3) is 15.2. The Morgan fingerprint density at radius 3 is 1.12 bits per heavy atom. The lowest BCUT2D eigenvalue weighted by Crippen LogP contribution is -2.41. The third-order valence-corrected chi connectivity index (χ3v) is 18.8. The van der Waals surface area contributed by atoms with Crippen molar-refractivity contribution in [3.05, 3.63) is 194 Å². The van der Waals surface area contributed by atoms with Crippen LogP contribution in [0.3, 0.4) is 0 Å². The van der Waals surface area contributed by atoms with Gasteiger partial charge < -0.3 is 30.7 Å². The first-order valence-electron chi connectivity index (χ1n) is 30.5. The average molecular weight is 1340 g/mol. The number of benzene rings is 5. The number of amides is 4. The van der Waals surface area contributed by atoms with E-state index in [4.69, 9.17) is 9.47 Å². The molecule has 0 aromatic heterocycles. The van der Waals surface area contributed by atoms with Crippen LogP contribution in [0.15, 0.2) is 139 Å². The maximum Gasteiger partial charge on any atom is 0.408 e. The third-order valence-electron chi connectivity index (χ3n) is 17.3. The zero-order chi connectivity index (χ0) is 60.3. The first kappa shape index (κ1) is 62.0. The van der Waals surface area contributed by atoms with E-state index in [1.54, 1.807) is 6.92 Å². The molecule has 4 atom stereocenters. The number of nitrogens with one attached hydrogen (secondary N) is 4. The molecule has 10 nitrogen and oxygen atoms in total. The Bertz CT molecular complexity index is 3430. The van der Waals surface area contributed by atoms with E-state index in [0.717, 1.165) is 122 Å². The van der Waals surface area contributed by atoms with Crippen LogP contribution in [0.5, 0.6) is 0 Å². The van der Waals surface area contributed by atoms with Gasteiger partial charge in [-0.3, -0.25) is 9.59 Å². The molecule has 8 aliphatic carbocycles. The van der Waals surface area contributed by atoms with Gasteiger partial charge in [-0.25, -0.2) is 9.59 Å². The predicted octanol–water partition coefficient (Wildman–Crippen LogP) is 17.4. The van der Waals surface area contributed by atoms with Gasteiger partial charge in [0.15, 0.2) is 0 Å². The molecule has 0 aliphatic heterocycles. The lowest BCUT2D eigenvalue weighted by molar-refractivity contribution is -0.119. The van der Waals surface area contributed by atoms with Crippen LogP contribution in [-0.2, 0) is 40.0 Å². The van der Waals surface area contributed by atoms with Crippen molar-refractivity contribution in [2.24, 2.45) is 0 Å². The minimum Gasteiger partial charge on any atom is -0.444 e. The fraction of sp³-hybridized carbons (Fsp3) is 0.417. The fourth-order valence-electron chi connectivity index (χ4n) is 13.8. The van der Waals surface area contributed by atoms with E-state index in [0.29, 0.717) is 0 Å². The summed E-state index contributed by atoms with van der Waals surface area (Å²) in [5, 5.41) is 12.5. The minimum atomic E-state index is -0.459. The number of ether oxygens (including phenoxy) is 2. The molecule has 4 N–H and O–H groups in total. The Morgan fingerprint density at radius 2 is 0.765 bits per heavy atom. The van der Waals surface area contributed by atoms with Crippen LogP contribution < -0.4 is 21.3 Å². The first-order valence-corrected chi connectivity index (χ1v) is 32.9. The molecule has 13 heteroatoms. The number of hydrogen-bond donors (Lipinski definition) is 4. The highest BCUT2D eigenvalue weighted by molar-refractivity contribution is 9.11. The summed E-state index contributed by atoms with van der Waals surface area (Å²) in [6, 6.07) is 36.3. The maximum atomic E-state index is 12.5. The standard InChI is InChI=1S/C20H18BrNO.C19H25NO2.C18H22BrNO2.C15H16BrNO/c21-15-10-9-14-11-18-16(17(14)12-15)7-4-8-19(18)22-20(23)13-5-2-1-3-6-13;1-12-8-9-13-11-16-14(15(13)10-12)6-5-7-17(16)20-18(21)22-19(2,3)4;1-18(2,3)22-17(21)20-16-6-4-5-13-14-10-12(19)8-7-11(14)9-15(13)16;1-9(18)17-15-4-2-3-12-13-8-11(16)6-5-10(13)7-14(12)15/h1-3,5-6,9-10,12,19H,4,7-8,11H2,(H,22,23);8-10,17H,5-7,11H2,1-4H3,(H,20,21);7-8,10,16H,4-6,9H2,1-3H3,(H,20,21);5-6,8,15H,2-4,7H2,1H3,(H,17,18). The van der Waals surface area contributed by atoms with Gasteiger partial charge in [-0.15, -0.1) is 0 Å². The van der Waals surface area contributed by atoms with Gasteiger partial charge in [-0.2, -0.15) is 0 Å². The highest BCUT2D eigenvalue weighted by atomic mass is 79.9. The van der Waals surface area contributed by atoms with E-state index in [1.807, 2.05) is 71.9 Å². The molecule has 0 fully saturated rings. The molecule has 0 spiro atoms. The van der Waals surface area contributed by atoms with Gasteiger partial charge in [0.25, 0.3) is 5.91 Å². The first-order chi connectivity index (χ1) is 40.5. The number of halogens is 3. The van der Waals surface area contributed by atoms with E-state index in [9.17, 15) is 19.2 Å². The van der Waals surface area contributed by atoms with Gasteiger partial charge in [-0.1, -0.05) is 108 Å². The van der Waals surface area contributed by atoms with Gasteiger partial charge in [0.1, 0.15) is 11.2 Å². The predicted molar refractivity (Wildman–Crippen MR) is 353 cm³/mol. The lowest BCUT2D eigenvalue weighted by Gasteiger charge is -2.28. The molecule has 4 amide bonds. The summed E-state index contributed by atoms with van der Waals surface area (Å²) in [5.74, 6) is 0.104. The molecule has 446 valence electrons. The number of rotatable bonds is 5. The van der Waals surface area contributed by atoms with E-state index >= 15 is 0 Å². The monoisotopic (exact) mass is 1330 g/mol. The maximum absolute atomic E-state index is 12.5. The second kappa shape index (κ2) is 26.5. The molecule has 5 aromatic rings. The van der Waals surface area contributed by atoms with Crippen LogP contribution >= 0.6 is 47.8 Å². The van der Waals surface area contributed by atoms with Crippen LogP contribution in [0.1, 0.15) is 186 Å². The molecular weight excluding hydrogens is 1260 g/mol. The molecule has 13 rings (SSSR count). The minimum absolute atomic E-state index is 0.0292. The van der Waals surface area contributed by atoms with Gasteiger partial charge in [0.05, 0.1) is 24.2 Å². The second-order valence-corrected chi connectivity index (χ2v) is 28.6. The van der Waals surface area contributed by atoms with E-state index in [-0.39, 0.29) is 48.2 Å². The Labute approximate surface area is 528 Å². The molecule has 0 radical (unpaired) electrons. The largest absolute Gasteiger partial charge is 0.444 e. The fourth-order valence-corrected chi connectivity index (χ4v) is 14.9. The summed E-state index contributed by atoms with van der Waals surface area (Å²) in [7, 11) is 0. The Balaban J connectivity index is 0.000000126. The molecule has 85 heavy (non-hydrogen) atoms. The molecule has 5 aromatic carbocycles. The SMILES string of the molecule is CC(=O)NC1CCCC2=C1Cc1ccc(Br)cc12.CC(C)(C)OC(=O)NC1CCCC2=C1Cc1ccc(Br)cc12.Cc1ccc2c(c1)C1=C(C2)C(NC(=O)OC(C)(C)C)CCC1.O=C(NC1CCCC2=C1Cc1ccc(Br)cc12)c1ccccc1. The smallest absolute Gasteiger partial charge is 0.408 e. The molecule has 4 unspecified atom stereocenters. The van der Waals surface area contributed by atoms with Crippen molar-refractivity contribution in [1.82, 2.24) is 21.3 Å². The number of allylic oxidation sites excluding steroid dienone is 4. The zero-order valence-corrected chi connectivity index (χ0v) is 55.3. The quantitative estimate of drug-likeness (QED) is 0.138. The van der Waals surface area contributed by atoms with Crippen molar-refractivity contribution in [3.8, 4) is 0 Å². The van der Waals surface area contributed by atoms with Crippen LogP contribution in [0.25, 0.3) is 22.3 Å². The van der Waals surface area contributed by atoms with Gasteiger partial charge in [-0.05, 0) is 289 Å². The zero-order valence-electron chi connectivity index (χ0n) is 50.5. The number of alkyl carbamates (subject to hydrolysis) is 2. The number of carbonyl (C=O) groups excluding carboxylic acids is 4. The molecule has 8 aliphatic rings. The van der Waals surface area contributed by atoms with Gasteiger partial charge in [0.2, 0.25) is 5.91 Å². The van der Waals surface area contributed by atoms with E-state index in [1.165, 1.54) is 94.7 Å².